The first-order chi connectivity index (χ1) is 10.6. The summed E-state index contributed by atoms with van der Waals surface area (Å²) < 4.78 is 30.9. The van der Waals surface area contributed by atoms with Gasteiger partial charge in [0.1, 0.15) is 4.32 Å². The first-order valence-electron chi connectivity index (χ1n) is 6.87. The number of rotatable bonds is 4. The molecule has 8 heteroatoms. The molecule has 1 fully saturated rings. The molecule has 0 spiro atoms. The van der Waals surface area contributed by atoms with Gasteiger partial charge in [0, 0.05) is 6.54 Å². The molecule has 23 heavy (non-hydrogen) atoms. The van der Waals surface area contributed by atoms with Crippen molar-refractivity contribution in [2.24, 2.45) is 0 Å². The summed E-state index contributed by atoms with van der Waals surface area (Å²) in [5.41, 5.74) is 4.04. The fourth-order valence-corrected chi connectivity index (χ4v) is 3.90. The lowest BCUT2D eigenvalue weighted by Gasteiger charge is -2.13. The lowest BCUT2D eigenvalue weighted by molar-refractivity contribution is -0.121. The minimum absolute atomic E-state index is 0.146. The molecule has 1 aromatic rings. The molecule has 0 aromatic heterocycles. The molecule has 1 N–H and O–H groups in total. The molecule has 1 amide bonds. The van der Waals surface area contributed by atoms with Crippen LogP contribution in [0.3, 0.4) is 0 Å². The van der Waals surface area contributed by atoms with E-state index in [-0.39, 0.29) is 12.5 Å². The lowest BCUT2D eigenvalue weighted by atomic mass is 10.0. The third kappa shape index (κ3) is 4.20. The van der Waals surface area contributed by atoms with Crippen LogP contribution >= 0.6 is 24.0 Å². The van der Waals surface area contributed by atoms with Crippen LogP contribution in [0, 0.1) is 13.8 Å². The number of allylic oxidation sites excluding steroid dienone is 1. The first kappa shape index (κ1) is 18.1. The van der Waals surface area contributed by atoms with Gasteiger partial charge in [0.15, 0.2) is 0 Å². The van der Waals surface area contributed by atoms with E-state index in [9.17, 15) is 13.2 Å². The fourth-order valence-electron chi connectivity index (χ4n) is 2.13. The Morgan fingerprint density at radius 2 is 1.96 bits per heavy atom. The van der Waals surface area contributed by atoms with Crippen LogP contribution < -0.4 is 0 Å². The highest BCUT2D eigenvalue weighted by Gasteiger charge is 2.34. The molecule has 0 bridgehead atoms. The molecule has 5 nitrogen and oxygen atoms in total. The maximum absolute atomic E-state index is 12.5. The summed E-state index contributed by atoms with van der Waals surface area (Å²) in [5, 5.41) is 0. The molecule has 0 aliphatic carbocycles. The van der Waals surface area contributed by atoms with Crippen LogP contribution in [-0.2, 0) is 14.9 Å². The number of nitrogens with zero attached hydrogens (tertiary/aromatic N) is 1. The average Bonchev–Trinajstić information content (AvgIpc) is 2.73. The molecule has 1 heterocycles. The van der Waals surface area contributed by atoms with E-state index in [4.69, 9.17) is 16.8 Å². The molecule has 0 atom stereocenters. The normalized spacial score (nSPS) is 17.8. The molecule has 1 aliphatic rings. The standard InChI is InChI=1S/C15H17NO4S3/c1-9-4-5-12(8-10(9)2)11(3)13-14(17)16(15(21)22-13)6-7-23(18,19)20/h4-5,8H,6-7H2,1-3H3,(H,18,19,20)/b13-11+. The molecule has 1 saturated heterocycles. The zero-order valence-corrected chi connectivity index (χ0v) is 15.4. The molecular formula is C15H17NO4S3. The van der Waals surface area contributed by atoms with Gasteiger partial charge in [-0.15, -0.1) is 0 Å². The maximum atomic E-state index is 12.5. The Balaban J connectivity index is 2.31. The van der Waals surface area contributed by atoms with Crippen molar-refractivity contribution in [3.05, 3.63) is 39.8 Å². The van der Waals surface area contributed by atoms with Crippen LogP contribution in [-0.4, -0.2) is 40.4 Å². The maximum Gasteiger partial charge on any atom is 0.266 e. The van der Waals surface area contributed by atoms with Crippen molar-refractivity contribution in [2.45, 2.75) is 20.8 Å². The molecule has 1 aliphatic heterocycles. The second kappa shape index (κ2) is 6.72. The highest BCUT2D eigenvalue weighted by Crippen LogP contribution is 2.36. The van der Waals surface area contributed by atoms with Gasteiger partial charge in [-0.05, 0) is 43.0 Å². The van der Waals surface area contributed by atoms with Gasteiger partial charge in [-0.1, -0.05) is 42.2 Å². The van der Waals surface area contributed by atoms with E-state index >= 15 is 0 Å². The largest absolute Gasteiger partial charge is 0.292 e. The number of hydrogen-bond acceptors (Lipinski definition) is 5. The van der Waals surface area contributed by atoms with Crippen molar-refractivity contribution >= 4 is 49.9 Å². The lowest BCUT2D eigenvalue weighted by Crippen LogP contribution is -2.32. The summed E-state index contributed by atoms with van der Waals surface area (Å²) in [6.07, 6.45) is 0. The summed E-state index contributed by atoms with van der Waals surface area (Å²) in [4.78, 5) is 14.2. The minimum atomic E-state index is -4.14. The highest BCUT2D eigenvalue weighted by molar-refractivity contribution is 8.26. The van der Waals surface area contributed by atoms with Crippen molar-refractivity contribution in [2.75, 3.05) is 12.3 Å². The highest BCUT2D eigenvalue weighted by atomic mass is 32.2. The molecule has 2 rings (SSSR count). The van der Waals surface area contributed by atoms with E-state index in [1.165, 1.54) is 10.5 Å². The number of aryl methyl sites for hydroxylation is 2. The van der Waals surface area contributed by atoms with Gasteiger partial charge < -0.3 is 0 Å². The van der Waals surface area contributed by atoms with Gasteiger partial charge >= 0.3 is 0 Å². The number of thiocarbonyl (C=S) groups is 1. The zero-order valence-electron chi connectivity index (χ0n) is 13.0. The Morgan fingerprint density at radius 3 is 2.52 bits per heavy atom. The third-order valence-corrected chi connectivity index (χ3v) is 5.95. The van der Waals surface area contributed by atoms with Crippen LogP contribution in [0.2, 0.25) is 0 Å². The van der Waals surface area contributed by atoms with E-state index in [1.807, 2.05) is 39.0 Å². The van der Waals surface area contributed by atoms with Crippen molar-refractivity contribution in [3.8, 4) is 0 Å². The molecule has 124 valence electrons. The van der Waals surface area contributed by atoms with Crippen LogP contribution in [0.5, 0.6) is 0 Å². The second-order valence-electron chi connectivity index (χ2n) is 5.36. The minimum Gasteiger partial charge on any atom is -0.292 e. The van der Waals surface area contributed by atoms with Crippen molar-refractivity contribution in [1.82, 2.24) is 4.90 Å². The van der Waals surface area contributed by atoms with Gasteiger partial charge in [-0.25, -0.2) is 0 Å². The molecule has 0 saturated carbocycles. The van der Waals surface area contributed by atoms with Crippen molar-refractivity contribution in [3.63, 3.8) is 0 Å². The summed E-state index contributed by atoms with van der Waals surface area (Å²) in [6, 6.07) is 5.95. The predicted molar refractivity (Wildman–Crippen MR) is 96.8 cm³/mol. The van der Waals surface area contributed by atoms with E-state index < -0.39 is 15.9 Å². The van der Waals surface area contributed by atoms with Gasteiger partial charge in [0.05, 0.1) is 10.7 Å². The van der Waals surface area contributed by atoms with Crippen LogP contribution in [0.4, 0.5) is 0 Å². The molecule has 1 aromatic carbocycles. The summed E-state index contributed by atoms with van der Waals surface area (Å²) in [7, 11) is -4.14. The van der Waals surface area contributed by atoms with Crippen LogP contribution in [0.25, 0.3) is 5.57 Å². The smallest absolute Gasteiger partial charge is 0.266 e. The van der Waals surface area contributed by atoms with Crippen LogP contribution in [0.15, 0.2) is 23.1 Å². The number of amides is 1. The molecule has 0 radical (unpaired) electrons. The second-order valence-corrected chi connectivity index (χ2v) is 8.58. The number of carbonyl (C=O) groups is 1. The summed E-state index contributed by atoms with van der Waals surface area (Å²) in [5.74, 6) is -0.852. The monoisotopic (exact) mass is 371 g/mol. The van der Waals surface area contributed by atoms with Gasteiger partial charge in [0.2, 0.25) is 0 Å². The Labute approximate surface area is 145 Å². The number of hydrogen-bond donors (Lipinski definition) is 1. The van der Waals surface area contributed by atoms with Crippen LogP contribution in [0.1, 0.15) is 23.6 Å². The van der Waals surface area contributed by atoms with E-state index in [0.29, 0.717) is 9.23 Å². The topological polar surface area (TPSA) is 74.7 Å². The Bertz CT molecular complexity index is 812. The quantitative estimate of drug-likeness (QED) is 0.498. The Kier molecular flexibility index (Phi) is 5.30. The predicted octanol–water partition coefficient (Wildman–Crippen LogP) is 2.78. The van der Waals surface area contributed by atoms with Gasteiger partial charge in [-0.3, -0.25) is 14.2 Å². The third-order valence-electron chi connectivity index (χ3n) is 3.70. The summed E-state index contributed by atoms with van der Waals surface area (Å²) in [6.45, 7) is 5.72. The number of thioether (sulfide) groups is 1. The van der Waals surface area contributed by atoms with E-state index in [0.717, 1.165) is 28.5 Å². The number of carbonyl (C=O) groups excluding carboxylic acids is 1. The Hall–Kier alpha value is -1.22. The summed E-state index contributed by atoms with van der Waals surface area (Å²) >= 11 is 6.31. The molecule has 0 unspecified atom stereocenters. The number of benzene rings is 1. The van der Waals surface area contributed by atoms with E-state index in [1.54, 1.807) is 0 Å². The van der Waals surface area contributed by atoms with Crippen molar-refractivity contribution < 1.29 is 17.8 Å². The fraction of sp³-hybridized carbons (Fsp3) is 0.333. The first-order valence-corrected chi connectivity index (χ1v) is 9.71. The zero-order chi connectivity index (χ0) is 17.4. The average molecular weight is 372 g/mol. The van der Waals surface area contributed by atoms with Gasteiger partial charge in [-0.2, -0.15) is 8.42 Å². The van der Waals surface area contributed by atoms with Crippen molar-refractivity contribution in [1.29, 1.82) is 0 Å². The molecular weight excluding hydrogens is 354 g/mol. The SMILES string of the molecule is C/C(=C1\SC(=S)N(CCS(=O)(=O)O)C1=O)c1ccc(C)c(C)c1. The Morgan fingerprint density at radius 1 is 1.30 bits per heavy atom. The van der Waals surface area contributed by atoms with Gasteiger partial charge in [0.25, 0.3) is 16.0 Å². The van der Waals surface area contributed by atoms with E-state index in [2.05, 4.69) is 0 Å².